The maximum atomic E-state index is 5.47. The molecule has 0 aliphatic rings. The van der Waals surface area contributed by atoms with Crippen molar-refractivity contribution in [3.63, 3.8) is 0 Å². The largest absolute Gasteiger partial charge is 0.495 e. The van der Waals surface area contributed by atoms with Gasteiger partial charge in [0.1, 0.15) is 5.75 Å². The third-order valence-electron chi connectivity index (χ3n) is 4.39. The summed E-state index contributed by atoms with van der Waals surface area (Å²) in [6.45, 7) is 8.48. The number of ether oxygens (including phenoxy) is 1. The number of thiocarbonyl (C=S) groups is 1. The van der Waals surface area contributed by atoms with Gasteiger partial charge in [0.25, 0.3) is 0 Å². The van der Waals surface area contributed by atoms with Gasteiger partial charge in [-0.3, -0.25) is 0 Å². The van der Waals surface area contributed by atoms with Gasteiger partial charge in [-0.25, -0.2) is 0 Å². The van der Waals surface area contributed by atoms with Crippen LogP contribution in [0, 0.1) is 0 Å². The van der Waals surface area contributed by atoms with E-state index in [0.717, 1.165) is 55.2 Å². The highest BCUT2D eigenvalue weighted by Crippen LogP contribution is 2.30. The number of methoxy groups -OCH3 is 1. The van der Waals surface area contributed by atoms with E-state index in [4.69, 9.17) is 17.0 Å². The van der Waals surface area contributed by atoms with Gasteiger partial charge in [-0.1, -0.05) is 50.2 Å². The van der Waals surface area contributed by atoms with E-state index in [2.05, 4.69) is 53.6 Å². The predicted molar refractivity (Wildman–Crippen MR) is 115 cm³/mol. The molecule has 0 atom stereocenters. The number of nitrogens with zero attached hydrogens (tertiary/aromatic N) is 1. The van der Waals surface area contributed by atoms with Crippen LogP contribution in [0.1, 0.15) is 20.3 Å². The molecule has 2 N–H and O–H groups in total. The fourth-order valence-electron chi connectivity index (χ4n) is 2.83. The van der Waals surface area contributed by atoms with E-state index >= 15 is 0 Å². The average molecular weight is 372 g/mol. The van der Waals surface area contributed by atoms with Crippen LogP contribution < -0.4 is 15.4 Å². The van der Waals surface area contributed by atoms with Gasteiger partial charge in [0.15, 0.2) is 5.11 Å². The summed E-state index contributed by atoms with van der Waals surface area (Å²) in [6, 6.07) is 16.4. The Morgan fingerprint density at radius 2 is 1.77 bits per heavy atom. The second-order valence-corrected chi connectivity index (χ2v) is 6.45. The Hall–Kier alpha value is -2.11. The molecule has 5 heteroatoms. The van der Waals surface area contributed by atoms with E-state index in [1.165, 1.54) is 0 Å². The molecule has 0 amide bonds. The first-order valence-corrected chi connectivity index (χ1v) is 9.59. The summed E-state index contributed by atoms with van der Waals surface area (Å²) in [7, 11) is 1.67. The minimum absolute atomic E-state index is 0.619. The quantitative estimate of drug-likeness (QED) is 0.505. The van der Waals surface area contributed by atoms with Crippen molar-refractivity contribution in [3.05, 3.63) is 48.5 Å². The Morgan fingerprint density at radius 1 is 1.04 bits per heavy atom. The molecule has 0 heterocycles. The topological polar surface area (TPSA) is 36.5 Å². The van der Waals surface area contributed by atoms with E-state index in [-0.39, 0.29) is 0 Å². The van der Waals surface area contributed by atoms with Crippen molar-refractivity contribution in [1.82, 2.24) is 10.2 Å². The molecule has 26 heavy (non-hydrogen) atoms. The van der Waals surface area contributed by atoms with E-state index in [1.54, 1.807) is 7.11 Å². The Balaban J connectivity index is 1.95. The highest BCUT2D eigenvalue weighted by atomic mass is 32.1. The Labute approximate surface area is 162 Å². The van der Waals surface area contributed by atoms with Crippen LogP contribution in [0.3, 0.4) is 0 Å². The van der Waals surface area contributed by atoms with E-state index < -0.39 is 0 Å². The van der Waals surface area contributed by atoms with Crippen molar-refractivity contribution in [2.24, 2.45) is 0 Å². The molecular formula is C21H29N3OS. The standard InChI is InChI=1S/C21H29N3OS/c1-4-24(5-2)15-9-14-22-21(26)23-19-16-18(12-13-20(19)25-3)17-10-7-6-8-11-17/h6-8,10-13,16H,4-5,9,14-15H2,1-3H3,(H2,22,23,26). The van der Waals surface area contributed by atoms with E-state index in [9.17, 15) is 0 Å². The second kappa shape index (κ2) is 10.8. The molecule has 0 bridgehead atoms. The number of rotatable bonds is 9. The Kier molecular flexibility index (Phi) is 8.38. The molecule has 0 aliphatic heterocycles. The van der Waals surface area contributed by atoms with Crippen molar-refractivity contribution in [2.75, 3.05) is 38.6 Å². The van der Waals surface area contributed by atoms with Gasteiger partial charge in [-0.2, -0.15) is 0 Å². The molecule has 2 aromatic rings. The molecule has 4 nitrogen and oxygen atoms in total. The van der Waals surface area contributed by atoms with Crippen LogP contribution >= 0.6 is 12.2 Å². The van der Waals surface area contributed by atoms with Crippen molar-refractivity contribution in [3.8, 4) is 16.9 Å². The molecule has 0 aromatic heterocycles. The predicted octanol–water partition coefficient (Wildman–Crippen LogP) is 4.38. The van der Waals surface area contributed by atoms with Gasteiger partial charge in [0.05, 0.1) is 12.8 Å². The summed E-state index contributed by atoms with van der Waals surface area (Å²) >= 11 is 5.45. The maximum absolute atomic E-state index is 5.47. The molecule has 0 saturated heterocycles. The number of benzene rings is 2. The zero-order valence-corrected chi connectivity index (χ0v) is 16.7. The van der Waals surface area contributed by atoms with Crippen molar-refractivity contribution in [1.29, 1.82) is 0 Å². The fourth-order valence-corrected chi connectivity index (χ4v) is 3.04. The highest BCUT2D eigenvalue weighted by molar-refractivity contribution is 7.80. The number of hydrogen-bond acceptors (Lipinski definition) is 3. The first-order chi connectivity index (χ1) is 12.7. The van der Waals surface area contributed by atoms with Crippen molar-refractivity contribution < 1.29 is 4.74 Å². The summed E-state index contributed by atoms with van der Waals surface area (Å²) < 4.78 is 5.47. The van der Waals surface area contributed by atoms with E-state index in [0.29, 0.717) is 5.11 Å². The Morgan fingerprint density at radius 3 is 2.42 bits per heavy atom. The minimum atomic E-state index is 0.619. The SMILES string of the molecule is CCN(CC)CCCNC(=S)Nc1cc(-c2ccccc2)ccc1OC. The van der Waals surface area contributed by atoms with Crippen LogP contribution in [-0.2, 0) is 0 Å². The summed E-state index contributed by atoms with van der Waals surface area (Å²) in [5.41, 5.74) is 3.16. The molecule has 140 valence electrons. The molecule has 0 radical (unpaired) electrons. The van der Waals surface area contributed by atoms with Crippen molar-refractivity contribution in [2.45, 2.75) is 20.3 Å². The van der Waals surface area contributed by atoms with Crippen LogP contribution in [-0.4, -0.2) is 43.3 Å². The van der Waals surface area contributed by atoms with Crippen LogP contribution in [0.4, 0.5) is 5.69 Å². The number of nitrogens with one attached hydrogen (secondary N) is 2. The summed E-state index contributed by atoms with van der Waals surface area (Å²) in [6.07, 6.45) is 1.06. The minimum Gasteiger partial charge on any atom is -0.495 e. The van der Waals surface area contributed by atoms with Crippen molar-refractivity contribution >= 4 is 23.0 Å². The maximum Gasteiger partial charge on any atom is 0.170 e. The van der Waals surface area contributed by atoms with Gasteiger partial charge < -0.3 is 20.3 Å². The first kappa shape index (κ1) is 20.2. The number of anilines is 1. The zero-order valence-electron chi connectivity index (χ0n) is 15.9. The second-order valence-electron chi connectivity index (χ2n) is 6.04. The number of hydrogen-bond donors (Lipinski definition) is 2. The van der Waals surface area contributed by atoms with Gasteiger partial charge in [-0.15, -0.1) is 0 Å². The molecule has 0 fully saturated rings. The summed E-state index contributed by atoms with van der Waals surface area (Å²) in [5.74, 6) is 0.775. The normalized spacial score (nSPS) is 10.6. The van der Waals surface area contributed by atoms with Gasteiger partial charge >= 0.3 is 0 Å². The molecule has 2 rings (SSSR count). The third-order valence-corrected chi connectivity index (χ3v) is 4.63. The smallest absolute Gasteiger partial charge is 0.170 e. The fraction of sp³-hybridized carbons (Fsp3) is 0.381. The molecule has 2 aromatic carbocycles. The lowest BCUT2D eigenvalue weighted by atomic mass is 10.0. The van der Waals surface area contributed by atoms with E-state index in [1.807, 2.05) is 24.3 Å². The molecule has 0 unspecified atom stereocenters. The molecular weight excluding hydrogens is 342 g/mol. The van der Waals surface area contributed by atoms with Gasteiger partial charge in [-0.05, 0) is 61.5 Å². The molecule has 0 saturated carbocycles. The van der Waals surface area contributed by atoms with Gasteiger partial charge in [0, 0.05) is 6.54 Å². The molecule has 0 spiro atoms. The van der Waals surface area contributed by atoms with Gasteiger partial charge in [0.2, 0.25) is 0 Å². The summed E-state index contributed by atoms with van der Waals surface area (Å²) in [4.78, 5) is 2.41. The molecule has 0 aliphatic carbocycles. The lowest BCUT2D eigenvalue weighted by Crippen LogP contribution is -2.32. The zero-order chi connectivity index (χ0) is 18.8. The third kappa shape index (κ3) is 6.00. The van der Waals surface area contributed by atoms with Crippen LogP contribution in [0.15, 0.2) is 48.5 Å². The first-order valence-electron chi connectivity index (χ1n) is 9.18. The summed E-state index contributed by atoms with van der Waals surface area (Å²) in [5, 5.41) is 7.17. The lowest BCUT2D eigenvalue weighted by Gasteiger charge is -2.18. The highest BCUT2D eigenvalue weighted by Gasteiger charge is 2.08. The van der Waals surface area contributed by atoms with Crippen LogP contribution in [0.2, 0.25) is 0 Å². The van der Waals surface area contributed by atoms with Crippen LogP contribution in [0.5, 0.6) is 5.75 Å². The monoisotopic (exact) mass is 371 g/mol. The van der Waals surface area contributed by atoms with Crippen LogP contribution in [0.25, 0.3) is 11.1 Å². The lowest BCUT2D eigenvalue weighted by molar-refractivity contribution is 0.300. The average Bonchev–Trinajstić information content (AvgIpc) is 2.68. The Bertz CT molecular complexity index is 687.